The molecule has 1 fully saturated rings. The maximum Gasteiger partial charge on any atom is 0.410 e. The number of nitrogens with one attached hydrogen (secondary N) is 1. The number of phenols is 1. The van der Waals surface area contributed by atoms with Crippen molar-refractivity contribution in [1.29, 1.82) is 0 Å². The van der Waals surface area contributed by atoms with Crippen LogP contribution in [-0.4, -0.2) is 44.1 Å². The first-order chi connectivity index (χ1) is 14.1. The number of ether oxygens (including phenoxy) is 1. The van der Waals surface area contributed by atoms with Crippen molar-refractivity contribution in [3.05, 3.63) is 28.0 Å². The topological polar surface area (TPSA) is 84.9 Å². The molecule has 0 unspecified atom stereocenters. The molecule has 1 aliphatic rings. The van der Waals surface area contributed by atoms with E-state index in [9.17, 15) is 14.5 Å². The van der Waals surface area contributed by atoms with Crippen molar-refractivity contribution in [2.24, 2.45) is 5.92 Å². The average Bonchev–Trinajstić information content (AvgIpc) is 2.63. The summed E-state index contributed by atoms with van der Waals surface area (Å²) in [6, 6.07) is 0.699. The van der Waals surface area contributed by atoms with Gasteiger partial charge in [0.05, 0.1) is 16.6 Å². The molecule has 9 heteroatoms. The van der Waals surface area contributed by atoms with Crippen molar-refractivity contribution in [1.82, 2.24) is 9.62 Å². The highest BCUT2D eigenvalue weighted by atomic mass is 35.5. The number of phenolic OH excluding ortho intramolecular Hbond substituents is 1. The monoisotopic (exact) mass is 476 g/mol. The summed E-state index contributed by atoms with van der Waals surface area (Å²) in [4.78, 5) is 14.0. The SMILES string of the molecule is Cc1cc(O)c([C@H](N[S@@+]([O-])C(C)(C)C)C2CCN(C(=O)OC(C)(C)C)CC2)c(F)c1Cl. The molecular formula is C22H34ClFN2O4S. The summed E-state index contributed by atoms with van der Waals surface area (Å²) >= 11 is 4.63. The molecule has 176 valence electrons. The third-order valence-corrected chi connectivity index (χ3v) is 7.21. The van der Waals surface area contributed by atoms with Crippen molar-refractivity contribution in [2.75, 3.05) is 13.1 Å². The molecule has 1 aromatic rings. The van der Waals surface area contributed by atoms with E-state index in [1.165, 1.54) is 6.07 Å². The standard InChI is InChI=1S/C22H34ClFN2O4S/c1-13-12-15(27)16(18(24)17(13)23)19(25-31(29)22(5,6)7)14-8-10-26(11-9-14)20(28)30-21(2,3)4/h12,14,19,25,27H,8-11H2,1-7H3/t19-,31+/m1/s1. The lowest BCUT2D eigenvalue weighted by molar-refractivity contribution is 0.0171. The second-order valence-electron chi connectivity index (χ2n) is 10.0. The number of nitrogens with zero attached hydrogens (tertiary/aromatic N) is 1. The minimum Gasteiger partial charge on any atom is -0.598 e. The first-order valence-electron chi connectivity index (χ1n) is 10.4. The van der Waals surface area contributed by atoms with Crippen LogP contribution in [0.5, 0.6) is 5.75 Å². The number of likely N-dealkylation sites (tertiary alicyclic amines) is 1. The second-order valence-corrected chi connectivity index (χ2v) is 12.4. The van der Waals surface area contributed by atoms with Crippen molar-refractivity contribution >= 4 is 29.1 Å². The molecular weight excluding hydrogens is 443 g/mol. The zero-order chi connectivity index (χ0) is 23.7. The van der Waals surface area contributed by atoms with E-state index in [2.05, 4.69) is 4.72 Å². The van der Waals surface area contributed by atoms with Gasteiger partial charge < -0.3 is 19.3 Å². The van der Waals surface area contributed by atoms with E-state index in [4.69, 9.17) is 16.3 Å². The molecule has 1 aliphatic heterocycles. The molecule has 2 rings (SSSR count). The van der Waals surface area contributed by atoms with E-state index < -0.39 is 33.6 Å². The highest BCUT2D eigenvalue weighted by Gasteiger charge is 2.39. The molecule has 31 heavy (non-hydrogen) atoms. The Morgan fingerprint density at radius 1 is 1.32 bits per heavy atom. The van der Waals surface area contributed by atoms with Crippen molar-refractivity contribution in [3.8, 4) is 5.75 Å². The third-order valence-electron chi connectivity index (χ3n) is 5.17. The molecule has 1 saturated heterocycles. The lowest BCUT2D eigenvalue weighted by atomic mass is 9.85. The van der Waals surface area contributed by atoms with Gasteiger partial charge in [-0.2, -0.15) is 0 Å². The maximum absolute atomic E-state index is 15.2. The van der Waals surface area contributed by atoms with Crippen LogP contribution in [-0.2, 0) is 16.1 Å². The van der Waals surface area contributed by atoms with Crippen molar-refractivity contribution in [2.45, 2.75) is 77.7 Å². The van der Waals surface area contributed by atoms with Gasteiger partial charge in [0.2, 0.25) is 0 Å². The molecule has 0 bridgehead atoms. The van der Waals surface area contributed by atoms with E-state index in [0.717, 1.165) is 0 Å². The number of carbonyl (C=O) groups excluding carboxylic acids is 1. The molecule has 1 amide bonds. The lowest BCUT2D eigenvalue weighted by Crippen LogP contribution is -2.47. The summed E-state index contributed by atoms with van der Waals surface area (Å²) in [6.45, 7) is 13.3. The molecule has 2 N–H and O–H groups in total. The number of hydrogen-bond acceptors (Lipinski definition) is 5. The molecule has 0 aromatic heterocycles. The molecule has 0 spiro atoms. The summed E-state index contributed by atoms with van der Waals surface area (Å²) in [5, 5.41) is 10.5. The maximum atomic E-state index is 15.2. The van der Waals surface area contributed by atoms with Gasteiger partial charge in [-0.3, -0.25) is 0 Å². The van der Waals surface area contributed by atoms with Crippen LogP contribution < -0.4 is 4.72 Å². The van der Waals surface area contributed by atoms with Gasteiger partial charge in [0.15, 0.2) is 5.82 Å². The van der Waals surface area contributed by atoms with Crippen LogP contribution in [0.15, 0.2) is 6.07 Å². The lowest BCUT2D eigenvalue weighted by Gasteiger charge is -2.38. The van der Waals surface area contributed by atoms with Gasteiger partial charge in [-0.15, -0.1) is 4.72 Å². The Labute approximate surface area is 192 Å². The van der Waals surface area contributed by atoms with Crippen molar-refractivity contribution < 1.29 is 23.6 Å². The van der Waals surface area contributed by atoms with E-state index in [1.54, 1.807) is 11.8 Å². The zero-order valence-electron chi connectivity index (χ0n) is 19.3. The van der Waals surface area contributed by atoms with Crippen LogP contribution in [0.1, 0.15) is 71.6 Å². The van der Waals surface area contributed by atoms with E-state index in [1.807, 2.05) is 41.5 Å². The Hall–Kier alpha value is -1.22. The average molecular weight is 477 g/mol. The van der Waals surface area contributed by atoms with E-state index in [0.29, 0.717) is 31.5 Å². The van der Waals surface area contributed by atoms with Crippen LogP contribution in [0, 0.1) is 18.7 Å². The largest absolute Gasteiger partial charge is 0.598 e. The summed E-state index contributed by atoms with van der Waals surface area (Å²) in [5.74, 6) is -1.10. The van der Waals surface area contributed by atoms with Crippen molar-refractivity contribution in [3.63, 3.8) is 0 Å². The van der Waals surface area contributed by atoms with Gasteiger partial charge >= 0.3 is 6.09 Å². The number of piperidine rings is 1. The summed E-state index contributed by atoms with van der Waals surface area (Å²) in [5.41, 5.74) is -0.144. The molecule has 1 heterocycles. The van der Waals surface area contributed by atoms with Gasteiger partial charge in [-0.25, -0.2) is 9.18 Å². The Bertz CT molecular complexity index is 802. The van der Waals surface area contributed by atoms with Crippen LogP contribution in [0.3, 0.4) is 0 Å². The number of hydrogen-bond donors (Lipinski definition) is 2. The third kappa shape index (κ3) is 6.63. The van der Waals surface area contributed by atoms with Crippen LogP contribution in [0.2, 0.25) is 5.02 Å². The zero-order valence-corrected chi connectivity index (χ0v) is 20.9. The fraction of sp³-hybridized carbons (Fsp3) is 0.682. The van der Waals surface area contributed by atoms with Gasteiger partial charge in [0.1, 0.15) is 16.1 Å². The number of aromatic hydroxyl groups is 1. The molecule has 1 aromatic carbocycles. The molecule has 2 atom stereocenters. The Balaban J connectivity index is 2.30. The van der Waals surface area contributed by atoms with Gasteiger partial charge in [-0.05, 0) is 78.9 Å². The number of halogens is 2. The van der Waals surface area contributed by atoms with Gasteiger partial charge in [0.25, 0.3) is 0 Å². The molecule has 0 aliphatic carbocycles. The number of amides is 1. The number of carbonyl (C=O) groups is 1. The first kappa shape index (κ1) is 26.0. The Kier molecular flexibility index (Phi) is 8.17. The number of benzene rings is 1. The second kappa shape index (κ2) is 9.73. The molecule has 0 radical (unpaired) electrons. The first-order valence-corrected chi connectivity index (χ1v) is 12.0. The van der Waals surface area contributed by atoms with Crippen LogP contribution in [0.25, 0.3) is 0 Å². The number of aryl methyl sites for hydroxylation is 1. The predicted octanol–water partition coefficient (Wildman–Crippen LogP) is 5.23. The normalized spacial score (nSPS) is 18.1. The highest BCUT2D eigenvalue weighted by Crippen LogP contribution is 2.41. The number of rotatable bonds is 4. The van der Waals surface area contributed by atoms with Crippen LogP contribution >= 0.6 is 11.6 Å². The van der Waals surface area contributed by atoms with Gasteiger partial charge in [0, 0.05) is 24.5 Å². The molecule has 0 saturated carbocycles. The van der Waals surface area contributed by atoms with E-state index >= 15 is 4.39 Å². The highest BCUT2D eigenvalue weighted by molar-refractivity contribution is 7.90. The summed E-state index contributed by atoms with van der Waals surface area (Å²) < 4.78 is 35.9. The van der Waals surface area contributed by atoms with E-state index in [-0.39, 0.29) is 28.3 Å². The Morgan fingerprint density at radius 3 is 2.35 bits per heavy atom. The fourth-order valence-electron chi connectivity index (χ4n) is 3.47. The summed E-state index contributed by atoms with van der Waals surface area (Å²) in [7, 11) is 0. The smallest absolute Gasteiger partial charge is 0.410 e. The Morgan fingerprint density at radius 2 is 1.87 bits per heavy atom. The van der Waals surface area contributed by atoms with Crippen LogP contribution in [0.4, 0.5) is 9.18 Å². The minimum atomic E-state index is -1.51. The molecule has 6 nitrogen and oxygen atoms in total. The fourth-order valence-corrected chi connectivity index (χ4v) is 4.52. The quantitative estimate of drug-likeness (QED) is 0.581. The summed E-state index contributed by atoms with van der Waals surface area (Å²) in [6.07, 6.45) is 0.673. The van der Waals surface area contributed by atoms with Gasteiger partial charge in [-0.1, -0.05) is 11.6 Å². The minimum absolute atomic E-state index is 0.0175. The predicted molar refractivity (Wildman–Crippen MR) is 122 cm³/mol.